The third kappa shape index (κ3) is 4.40. The first-order valence-corrected chi connectivity index (χ1v) is 8.75. The summed E-state index contributed by atoms with van der Waals surface area (Å²) in [6.45, 7) is 5.76. The molecule has 0 aliphatic rings. The molecule has 0 fully saturated rings. The maximum absolute atomic E-state index is 12.2. The number of aryl methyl sites for hydroxylation is 3. The van der Waals surface area contributed by atoms with E-state index >= 15 is 0 Å². The molecule has 3 heterocycles. The summed E-state index contributed by atoms with van der Waals surface area (Å²) >= 11 is 0. The molecule has 0 saturated carbocycles. The number of amides is 1. The maximum atomic E-state index is 12.2. The molecule has 0 radical (unpaired) electrons. The SMILES string of the molecule is Cc1cc(=O)n(CCNC(=O)Cn2nc(-n3nc(C)cc3C)ccc2=O)cn1. The highest BCUT2D eigenvalue weighted by molar-refractivity contribution is 5.75. The van der Waals surface area contributed by atoms with Crippen LogP contribution in [0.15, 0.2) is 40.2 Å². The molecule has 3 rings (SSSR count). The second-order valence-corrected chi connectivity index (χ2v) is 6.44. The number of rotatable bonds is 6. The van der Waals surface area contributed by atoms with E-state index in [2.05, 4.69) is 20.5 Å². The van der Waals surface area contributed by atoms with Gasteiger partial charge in [-0.3, -0.25) is 19.0 Å². The van der Waals surface area contributed by atoms with E-state index in [9.17, 15) is 14.4 Å². The number of hydrogen-bond donors (Lipinski definition) is 1. The molecule has 0 saturated heterocycles. The van der Waals surface area contributed by atoms with Gasteiger partial charge in [0.15, 0.2) is 5.82 Å². The molecule has 1 N–H and O–H groups in total. The molecule has 28 heavy (non-hydrogen) atoms. The largest absolute Gasteiger partial charge is 0.353 e. The van der Waals surface area contributed by atoms with Crippen LogP contribution in [0.2, 0.25) is 0 Å². The molecule has 0 atom stereocenters. The zero-order valence-electron chi connectivity index (χ0n) is 15.9. The lowest BCUT2D eigenvalue weighted by atomic mass is 10.4. The minimum atomic E-state index is -0.389. The smallest absolute Gasteiger partial charge is 0.267 e. The molecular formula is C18H21N7O3. The Hall–Kier alpha value is -3.56. The Kier molecular flexibility index (Phi) is 5.48. The summed E-state index contributed by atoms with van der Waals surface area (Å²) < 4.78 is 4.10. The average Bonchev–Trinajstić information content (AvgIpc) is 2.97. The van der Waals surface area contributed by atoms with E-state index < -0.39 is 0 Å². The Balaban J connectivity index is 1.65. The van der Waals surface area contributed by atoms with Crippen molar-refractivity contribution in [3.63, 3.8) is 0 Å². The highest BCUT2D eigenvalue weighted by atomic mass is 16.2. The van der Waals surface area contributed by atoms with E-state index in [1.807, 2.05) is 19.9 Å². The molecule has 3 aromatic rings. The number of hydrogen-bond acceptors (Lipinski definition) is 6. The van der Waals surface area contributed by atoms with Crippen molar-refractivity contribution in [3.8, 4) is 5.82 Å². The van der Waals surface area contributed by atoms with Crippen molar-refractivity contribution < 1.29 is 4.79 Å². The molecule has 3 aromatic heterocycles. The predicted octanol–water partition coefficient (Wildman–Crippen LogP) is -0.273. The molecular weight excluding hydrogens is 362 g/mol. The van der Waals surface area contributed by atoms with Crippen molar-refractivity contribution in [2.45, 2.75) is 33.9 Å². The van der Waals surface area contributed by atoms with Crippen LogP contribution in [-0.2, 0) is 17.9 Å². The van der Waals surface area contributed by atoms with Gasteiger partial charge in [-0.2, -0.15) is 5.10 Å². The average molecular weight is 383 g/mol. The first-order chi connectivity index (χ1) is 13.3. The van der Waals surface area contributed by atoms with E-state index in [4.69, 9.17) is 0 Å². The number of aromatic nitrogens is 6. The Morgan fingerprint density at radius 3 is 2.50 bits per heavy atom. The lowest BCUT2D eigenvalue weighted by Crippen LogP contribution is -2.36. The van der Waals surface area contributed by atoms with Crippen LogP contribution in [0.1, 0.15) is 17.1 Å². The lowest BCUT2D eigenvalue weighted by molar-refractivity contribution is -0.121. The highest BCUT2D eigenvalue weighted by Gasteiger charge is 2.10. The van der Waals surface area contributed by atoms with Gasteiger partial charge >= 0.3 is 0 Å². The third-order valence-electron chi connectivity index (χ3n) is 4.06. The van der Waals surface area contributed by atoms with Crippen LogP contribution < -0.4 is 16.4 Å². The van der Waals surface area contributed by atoms with Crippen molar-refractivity contribution in [2.24, 2.45) is 0 Å². The molecule has 146 valence electrons. The number of carbonyl (C=O) groups excluding carboxylic acids is 1. The zero-order chi connectivity index (χ0) is 20.3. The molecule has 10 nitrogen and oxygen atoms in total. The van der Waals surface area contributed by atoms with Gasteiger partial charge in [0.05, 0.1) is 12.0 Å². The summed E-state index contributed by atoms with van der Waals surface area (Å²) in [5, 5.41) is 11.2. The monoisotopic (exact) mass is 383 g/mol. The highest BCUT2D eigenvalue weighted by Crippen LogP contribution is 2.07. The van der Waals surface area contributed by atoms with Crippen molar-refractivity contribution in [1.82, 2.24) is 34.4 Å². The van der Waals surface area contributed by atoms with Crippen LogP contribution in [0.25, 0.3) is 5.82 Å². The van der Waals surface area contributed by atoms with E-state index in [1.54, 1.807) is 17.7 Å². The third-order valence-corrected chi connectivity index (χ3v) is 4.06. The first kappa shape index (κ1) is 19.2. The number of nitrogens with zero attached hydrogens (tertiary/aromatic N) is 6. The normalized spacial score (nSPS) is 10.8. The van der Waals surface area contributed by atoms with Crippen LogP contribution in [0.4, 0.5) is 0 Å². The van der Waals surface area contributed by atoms with Crippen molar-refractivity contribution in [3.05, 3.63) is 68.4 Å². The van der Waals surface area contributed by atoms with Gasteiger partial charge in [0.2, 0.25) is 5.91 Å². The topological polar surface area (TPSA) is 117 Å². The minimum Gasteiger partial charge on any atom is -0.353 e. The Labute approximate surface area is 160 Å². The standard InChI is InChI=1S/C18H21N7O3/c1-12-9-18(28)23(11-20-12)7-6-19-16(26)10-24-17(27)5-4-15(22-24)25-14(3)8-13(2)21-25/h4-5,8-9,11H,6-7,10H2,1-3H3,(H,19,26). The van der Waals surface area contributed by atoms with Crippen molar-refractivity contribution in [2.75, 3.05) is 6.54 Å². The summed E-state index contributed by atoms with van der Waals surface area (Å²) in [6.07, 6.45) is 1.44. The van der Waals surface area contributed by atoms with Gasteiger partial charge < -0.3 is 5.32 Å². The molecule has 1 amide bonds. The van der Waals surface area contributed by atoms with Gasteiger partial charge in [0.1, 0.15) is 6.54 Å². The molecule has 0 aliphatic carbocycles. The molecule has 0 spiro atoms. The van der Waals surface area contributed by atoms with Gasteiger partial charge in [-0.25, -0.2) is 14.3 Å². The zero-order valence-corrected chi connectivity index (χ0v) is 15.9. The first-order valence-electron chi connectivity index (χ1n) is 8.75. The van der Waals surface area contributed by atoms with Crippen LogP contribution in [-0.4, -0.2) is 41.6 Å². The summed E-state index contributed by atoms with van der Waals surface area (Å²) in [5.74, 6) is 0.0727. The summed E-state index contributed by atoms with van der Waals surface area (Å²) in [4.78, 5) is 40.1. The summed E-state index contributed by atoms with van der Waals surface area (Å²) in [6, 6.07) is 6.23. The van der Waals surface area contributed by atoms with E-state index in [0.29, 0.717) is 11.5 Å². The fourth-order valence-electron chi connectivity index (χ4n) is 2.72. The molecule has 0 aromatic carbocycles. The van der Waals surface area contributed by atoms with Crippen LogP contribution in [0, 0.1) is 20.8 Å². The van der Waals surface area contributed by atoms with E-state index in [1.165, 1.54) is 23.0 Å². The summed E-state index contributed by atoms with van der Waals surface area (Å²) in [7, 11) is 0. The van der Waals surface area contributed by atoms with Gasteiger partial charge in [0.25, 0.3) is 11.1 Å². The van der Waals surface area contributed by atoms with E-state index in [-0.39, 0.29) is 36.7 Å². The molecule has 0 bridgehead atoms. The Bertz CT molecular complexity index is 1130. The Morgan fingerprint density at radius 1 is 1.04 bits per heavy atom. The molecule has 10 heteroatoms. The second kappa shape index (κ2) is 7.99. The van der Waals surface area contributed by atoms with E-state index in [0.717, 1.165) is 16.1 Å². The van der Waals surface area contributed by atoms with Gasteiger partial charge in [-0.05, 0) is 32.9 Å². The van der Waals surface area contributed by atoms with Gasteiger partial charge in [-0.15, -0.1) is 5.10 Å². The lowest BCUT2D eigenvalue weighted by Gasteiger charge is -2.10. The van der Waals surface area contributed by atoms with Gasteiger partial charge in [-0.1, -0.05) is 0 Å². The van der Waals surface area contributed by atoms with Crippen LogP contribution in [0.3, 0.4) is 0 Å². The van der Waals surface area contributed by atoms with Crippen molar-refractivity contribution >= 4 is 5.91 Å². The molecule has 0 unspecified atom stereocenters. The number of carbonyl (C=O) groups is 1. The minimum absolute atomic E-state index is 0.183. The fourth-order valence-corrected chi connectivity index (χ4v) is 2.72. The predicted molar refractivity (Wildman–Crippen MR) is 101 cm³/mol. The second-order valence-electron chi connectivity index (χ2n) is 6.44. The van der Waals surface area contributed by atoms with Gasteiger partial charge in [0, 0.05) is 36.6 Å². The van der Waals surface area contributed by atoms with Crippen molar-refractivity contribution in [1.29, 1.82) is 0 Å². The van der Waals surface area contributed by atoms with Crippen LogP contribution in [0.5, 0.6) is 0 Å². The Morgan fingerprint density at radius 2 is 1.82 bits per heavy atom. The fraction of sp³-hybridized carbons (Fsp3) is 0.333. The summed E-state index contributed by atoms with van der Waals surface area (Å²) in [5.41, 5.74) is 1.77. The number of nitrogens with one attached hydrogen (secondary N) is 1. The maximum Gasteiger partial charge on any atom is 0.267 e. The van der Waals surface area contributed by atoms with Crippen LogP contribution >= 0.6 is 0 Å². The molecule has 0 aliphatic heterocycles. The quantitative estimate of drug-likeness (QED) is 0.626.